The summed E-state index contributed by atoms with van der Waals surface area (Å²) in [5, 5.41) is 5.62. The summed E-state index contributed by atoms with van der Waals surface area (Å²) >= 11 is 0. The van der Waals surface area contributed by atoms with E-state index in [9.17, 15) is 9.59 Å². The second-order valence-electron chi connectivity index (χ2n) is 7.59. The second kappa shape index (κ2) is 9.70. The number of carbonyl (C=O) groups is 2. The van der Waals surface area contributed by atoms with E-state index >= 15 is 0 Å². The Morgan fingerprint density at radius 2 is 1.77 bits per heavy atom. The van der Waals surface area contributed by atoms with Gasteiger partial charge in [0.1, 0.15) is 5.75 Å². The first kappa shape index (κ1) is 21.0. The van der Waals surface area contributed by atoms with E-state index in [1.165, 1.54) is 0 Å². The Morgan fingerprint density at radius 3 is 2.52 bits per heavy atom. The molecular formula is C23H27N3O5. The molecule has 0 aliphatic carbocycles. The molecule has 0 spiro atoms. The third kappa shape index (κ3) is 5.08. The first-order valence-corrected chi connectivity index (χ1v) is 10.5. The van der Waals surface area contributed by atoms with E-state index in [1.54, 1.807) is 25.3 Å². The maximum Gasteiger partial charge on any atom is 0.251 e. The van der Waals surface area contributed by atoms with Crippen LogP contribution < -0.4 is 24.8 Å². The van der Waals surface area contributed by atoms with Crippen LogP contribution in [-0.4, -0.2) is 56.8 Å². The van der Waals surface area contributed by atoms with Gasteiger partial charge < -0.3 is 24.8 Å². The van der Waals surface area contributed by atoms with Gasteiger partial charge in [-0.25, -0.2) is 0 Å². The quantitative estimate of drug-likeness (QED) is 0.674. The van der Waals surface area contributed by atoms with Crippen molar-refractivity contribution < 1.29 is 23.8 Å². The molecule has 1 atom stereocenters. The number of likely N-dealkylation sites (tertiary alicyclic amines) is 1. The largest absolute Gasteiger partial charge is 0.497 e. The van der Waals surface area contributed by atoms with E-state index in [4.69, 9.17) is 14.2 Å². The van der Waals surface area contributed by atoms with Crippen molar-refractivity contribution in [3.8, 4) is 17.2 Å². The van der Waals surface area contributed by atoms with Gasteiger partial charge in [0.2, 0.25) is 12.7 Å². The van der Waals surface area contributed by atoms with Crippen molar-refractivity contribution in [1.82, 2.24) is 15.5 Å². The summed E-state index contributed by atoms with van der Waals surface area (Å²) in [6, 6.07) is 13.0. The molecule has 1 unspecified atom stereocenters. The van der Waals surface area contributed by atoms with E-state index in [0.29, 0.717) is 23.6 Å². The van der Waals surface area contributed by atoms with Crippen LogP contribution in [-0.2, 0) is 4.79 Å². The number of benzene rings is 2. The third-order valence-corrected chi connectivity index (χ3v) is 5.62. The molecule has 2 aliphatic heterocycles. The van der Waals surface area contributed by atoms with Gasteiger partial charge in [0.25, 0.3) is 5.91 Å². The van der Waals surface area contributed by atoms with Gasteiger partial charge in [-0.15, -0.1) is 0 Å². The zero-order chi connectivity index (χ0) is 21.6. The molecule has 2 aromatic carbocycles. The summed E-state index contributed by atoms with van der Waals surface area (Å²) in [6.45, 7) is 2.55. The highest BCUT2D eigenvalue weighted by atomic mass is 16.7. The van der Waals surface area contributed by atoms with Crippen LogP contribution in [0, 0.1) is 0 Å². The van der Waals surface area contributed by atoms with E-state index in [2.05, 4.69) is 15.5 Å². The molecule has 2 aromatic rings. The van der Waals surface area contributed by atoms with Gasteiger partial charge in [0, 0.05) is 12.1 Å². The van der Waals surface area contributed by atoms with Crippen LogP contribution >= 0.6 is 0 Å². The zero-order valence-corrected chi connectivity index (χ0v) is 17.6. The number of nitrogens with one attached hydrogen (secondary N) is 2. The first-order chi connectivity index (χ1) is 15.1. The molecule has 8 heteroatoms. The molecular weight excluding hydrogens is 398 g/mol. The Kier molecular flexibility index (Phi) is 6.57. The summed E-state index contributed by atoms with van der Waals surface area (Å²) < 4.78 is 15.8. The van der Waals surface area contributed by atoms with Crippen molar-refractivity contribution in [2.24, 2.45) is 0 Å². The number of hydrogen-bond donors (Lipinski definition) is 2. The fraction of sp³-hybridized carbons (Fsp3) is 0.391. The van der Waals surface area contributed by atoms with Crippen molar-refractivity contribution >= 4 is 11.8 Å². The average Bonchev–Trinajstić information content (AvgIpc) is 3.49. The van der Waals surface area contributed by atoms with Gasteiger partial charge in [-0.1, -0.05) is 12.1 Å². The maximum absolute atomic E-state index is 12.4. The van der Waals surface area contributed by atoms with Crippen LogP contribution in [0.15, 0.2) is 42.5 Å². The van der Waals surface area contributed by atoms with Gasteiger partial charge >= 0.3 is 0 Å². The summed E-state index contributed by atoms with van der Waals surface area (Å²) in [6.07, 6.45) is 2.32. The van der Waals surface area contributed by atoms with Crippen molar-refractivity contribution in [3.63, 3.8) is 0 Å². The Balaban J connectivity index is 1.31. The number of nitrogens with zero attached hydrogens (tertiary/aromatic N) is 1. The molecule has 8 nitrogen and oxygen atoms in total. The normalized spacial score (nSPS) is 16.0. The van der Waals surface area contributed by atoms with Gasteiger partial charge in [-0.3, -0.25) is 14.5 Å². The molecule has 0 aromatic heterocycles. The minimum Gasteiger partial charge on any atom is -0.497 e. The van der Waals surface area contributed by atoms with Crippen LogP contribution in [0.4, 0.5) is 0 Å². The third-order valence-electron chi connectivity index (χ3n) is 5.62. The van der Waals surface area contributed by atoms with Crippen molar-refractivity contribution in [1.29, 1.82) is 0 Å². The van der Waals surface area contributed by atoms with Gasteiger partial charge in [-0.2, -0.15) is 0 Å². The average molecular weight is 425 g/mol. The Labute approximate surface area is 181 Å². The molecule has 2 aliphatic rings. The van der Waals surface area contributed by atoms with Crippen LogP contribution in [0.2, 0.25) is 0 Å². The SMILES string of the molecule is COc1ccc(C(CNC(=O)CNC(=O)c2ccc3c(c2)OCO3)N2CCCC2)cc1. The Morgan fingerprint density at radius 1 is 1.03 bits per heavy atom. The number of methoxy groups -OCH3 is 1. The molecule has 31 heavy (non-hydrogen) atoms. The lowest BCUT2D eigenvalue weighted by Gasteiger charge is -2.28. The summed E-state index contributed by atoms with van der Waals surface area (Å²) in [5.74, 6) is 1.39. The predicted molar refractivity (Wildman–Crippen MR) is 114 cm³/mol. The summed E-state index contributed by atoms with van der Waals surface area (Å²) in [7, 11) is 1.64. The molecule has 2 amide bonds. The number of fused-ring (bicyclic) bond motifs is 1. The van der Waals surface area contributed by atoms with Crippen molar-refractivity contribution in [2.75, 3.05) is 40.1 Å². The second-order valence-corrected chi connectivity index (χ2v) is 7.59. The predicted octanol–water partition coefficient (Wildman–Crippen LogP) is 2.11. The lowest BCUT2D eigenvalue weighted by Crippen LogP contribution is -2.41. The van der Waals surface area contributed by atoms with Gasteiger partial charge in [0.15, 0.2) is 11.5 Å². The standard InChI is InChI=1S/C23H27N3O5/c1-29-18-7-4-16(5-8-18)19(26-10-2-3-11-26)13-24-22(27)14-25-23(28)17-6-9-20-21(12-17)31-15-30-20/h4-9,12,19H,2-3,10-11,13-15H2,1H3,(H,24,27)(H,25,28). The zero-order valence-electron chi connectivity index (χ0n) is 17.6. The minimum atomic E-state index is -0.334. The Hall–Kier alpha value is -3.26. The highest BCUT2D eigenvalue weighted by Gasteiger charge is 2.24. The van der Waals surface area contributed by atoms with E-state index in [-0.39, 0.29) is 31.2 Å². The molecule has 1 fully saturated rings. The molecule has 0 radical (unpaired) electrons. The van der Waals surface area contributed by atoms with Crippen LogP contribution in [0.3, 0.4) is 0 Å². The van der Waals surface area contributed by atoms with E-state index in [1.807, 2.05) is 24.3 Å². The number of hydrogen-bond acceptors (Lipinski definition) is 6. The molecule has 0 bridgehead atoms. The number of carbonyl (C=O) groups excluding carboxylic acids is 2. The monoisotopic (exact) mass is 425 g/mol. The highest BCUT2D eigenvalue weighted by molar-refractivity contribution is 5.97. The fourth-order valence-corrected chi connectivity index (χ4v) is 3.91. The van der Waals surface area contributed by atoms with E-state index < -0.39 is 0 Å². The molecule has 1 saturated heterocycles. The fourth-order valence-electron chi connectivity index (χ4n) is 3.91. The van der Waals surface area contributed by atoms with Crippen molar-refractivity contribution in [3.05, 3.63) is 53.6 Å². The first-order valence-electron chi connectivity index (χ1n) is 10.5. The smallest absolute Gasteiger partial charge is 0.251 e. The summed E-state index contributed by atoms with van der Waals surface area (Å²) in [5.41, 5.74) is 1.55. The topological polar surface area (TPSA) is 89.1 Å². The molecule has 0 saturated carbocycles. The summed E-state index contributed by atoms with van der Waals surface area (Å²) in [4.78, 5) is 27.2. The lowest BCUT2D eigenvalue weighted by molar-refractivity contribution is -0.120. The molecule has 2 heterocycles. The van der Waals surface area contributed by atoms with Crippen LogP contribution in [0.1, 0.15) is 34.8 Å². The number of rotatable bonds is 8. The van der Waals surface area contributed by atoms with Gasteiger partial charge in [-0.05, 0) is 61.8 Å². The van der Waals surface area contributed by atoms with Gasteiger partial charge in [0.05, 0.1) is 19.7 Å². The number of ether oxygens (including phenoxy) is 3. The maximum atomic E-state index is 12.4. The molecule has 4 rings (SSSR count). The van der Waals surface area contributed by atoms with Crippen molar-refractivity contribution in [2.45, 2.75) is 18.9 Å². The molecule has 164 valence electrons. The molecule has 2 N–H and O–H groups in total. The van der Waals surface area contributed by atoms with Crippen LogP contribution in [0.5, 0.6) is 17.2 Å². The number of amides is 2. The Bertz CT molecular complexity index is 925. The highest BCUT2D eigenvalue weighted by Crippen LogP contribution is 2.32. The van der Waals surface area contributed by atoms with Crippen LogP contribution in [0.25, 0.3) is 0 Å². The van der Waals surface area contributed by atoms with E-state index in [0.717, 1.165) is 37.2 Å². The minimum absolute atomic E-state index is 0.0851. The lowest BCUT2D eigenvalue weighted by atomic mass is 10.1.